The SMILES string of the molecule is C=C(CC)COc1cc(OC)ccc1C(C)NCCC. The fourth-order valence-electron chi connectivity index (χ4n) is 1.88. The van der Waals surface area contributed by atoms with Crippen molar-refractivity contribution in [1.29, 1.82) is 0 Å². The molecule has 3 nitrogen and oxygen atoms in total. The van der Waals surface area contributed by atoms with E-state index in [0.717, 1.165) is 42.0 Å². The zero-order chi connectivity index (χ0) is 15.0. The summed E-state index contributed by atoms with van der Waals surface area (Å²) in [5.41, 5.74) is 2.25. The van der Waals surface area contributed by atoms with E-state index in [0.29, 0.717) is 6.61 Å². The highest BCUT2D eigenvalue weighted by molar-refractivity contribution is 5.42. The van der Waals surface area contributed by atoms with Crippen molar-refractivity contribution in [2.24, 2.45) is 0 Å². The molecule has 0 saturated carbocycles. The first-order chi connectivity index (χ1) is 9.62. The Morgan fingerprint density at radius 1 is 1.35 bits per heavy atom. The van der Waals surface area contributed by atoms with Crippen LogP contribution in [0.3, 0.4) is 0 Å². The van der Waals surface area contributed by atoms with Crippen LogP contribution in [0.2, 0.25) is 0 Å². The molecule has 0 aliphatic heterocycles. The largest absolute Gasteiger partial charge is 0.497 e. The number of ether oxygens (including phenoxy) is 2. The van der Waals surface area contributed by atoms with Crippen molar-refractivity contribution in [1.82, 2.24) is 5.32 Å². The maximum Gasteiger partial charge on any atom is 0.128 e. The van der Waals surface area contributed by atoms with Gasteiger partial charge in [-0.05, 0) is 37.9 Å². The van der Waals surface area contributed by atoms with Gasteiger partial charge < -0.3 is 14.8 Å². The van der Waals surface area contributed by atoms with Gasteiger partial charge in [0.15, 0.2) is 0 Å². The van der Waals surface area contributed by atoms with Gasteiger partial charge in [-0.2, -0.15) is 0 Å². The Labute approximate surface area is 123 Å². The molecule has 0 aliphatic carbocycles. The molecular weight excluding hydrogens is 250 g/mol. The molecule has 112 valence electrons. The van der Waals surface area contributed by atoms with Crippen LogP contribution in [0.4, 0.5) is 0 Å². The molecular formula is C17H27NO2. The third-order valence-electron chi connectivity index (χ3n) is 3.32. The van der Waals surface area contributed by atoms with E-state index in [-0.39, 0.29) is 6.04 Å². The second-order valence-corrected chi connectivity index (χ2v) is 4.97. The quantitative estimate of drug-likeness (QED) is 0.689. The molecule has 1 unspecified atom stereocenters. The number of nitrogens with one attached hydrogen (secondary N) is 1. The molecule has 1 N–H and O–H groups in total. The van der Waals surface area contributed by atoms with Crippen LogP contribution < -0.4 is 14.8 Å². The monoisotopic (exact) mass is 277 g/mol. The number of rotatable bonds is 9. The minimum Gasteiger partial charge on any atom is -0.497 e. The minimum absolute atomic E-state index is 0.255. The molecule has 20 heavy (non-hydrogen) atoms. The first-order valence-corrected chi connectivity index (χ1v) is 7.33. The first-order valence-electron chi connectivity index (χ1n) is 7.33. The van der Waals surface area contributed by atoms with Gasteiger partial charge in [0.05, 0.1) is 7.11 Å². The Morgan fingerprint density at radius 3 is 2.70 bits per heavy atom. The van der Waals surface area contributed by atoms with E-state index in [2.05, 4.69) is 38.7 Å². The third-order valence-corrected chi connectivity index (χ3v) is 3.32. The lowest BCUT2D eigenvalue weighted by atomic mass is 10.1. The van der Waals surface area contributed by atoms with Gasteiger partial charge in [0, 0.05) is 17.7 Å². The molecule has 0 aliphatic rings. The molecule has 0 aromatic heterocycles. The molecule has 0 spiro atoms. The smallest absolute Gasteiger partial charge is 0.128 e. The molecule has 0 saturated heterocycles. The van der Waals surface area contributed by atoms with Crippen LogP contribution in [-0.2, 0) is 0 Å². The predicted molar refractivity (Wildman–Crippen MR) is 84.6 cm³/mol. The number of benzene rings is 1. The summed E-state index contributed by atoms with van der Waals surface area (Å²) in [5.74, 6) is 1.68. The van der Waals surface area contributed by atoms with Crippen molar-refractivity contribution >= 4 is 0 Å². The predicted octanol–water partition coefficient (Wildman–Crippen LogP) is 4.10. The highest BCUT2D eigenvalue weighted by Crippen LogP contribution is 2.30. The van der Waals surface area contributed by atoms with Gasteiger partial charge in [-0.15, -0.1) is 0 Å². The number of hydrogen-bond donors (Lipinski definition) is 1. The molecule has 0 heterocycles. The lowest BCUT2D eigenvalue weighted by Crippen LogP contribution is -2.20. The van der Waals surface area contributed by atoms with Crippen LogP contribution in [0.15, 0.2) is 30.4 Å². The fraction of sp³-hybridized carbons (Fsp3) is 0.529. The van der Waals surface area contributed by atoms with E-state index in [9.17, 15) is 0 Å². The van der Waals surface area contributed by atoms with E-state index in [1.807, 2.05) is 12.1 Å². The second kappa shape index (κ2) is 8.64. The van der Waals surface area contributed by atoms with Gasteiger partial charge in [-0.3, -0.25) is 0 Å². The van der Waals surface area contributed by atoms with Gasteiger partial charge >= 0.3 is 0 Å². The molecule has 1 aromatic carbocycles. The van der Waals surface area contributed by atoms with E-state index in [1.165, 1.54) is 0 Å². The van der Waals surface area contributed by atoms with E-state index < -0.39 is 0 Å². The Kier molecular flexibility index (Phi) is 7.16. The maximum atomic E-state index is 5.91. The summed E-state index contributed by atoms with van der Waals surface area (Å²) in [4.78, 5) is 0. The van der Waals surface area contributed by atoms with Crippen LogP contribution in [0, 0.1) is 0 Å². The van der Waals surface area contributed by atoms with E-state index in [1.54, 1.807) is 7.11 Å². The van der Waals surface area contributed by atoms with Gasteiger partial charge in [0.2, 0.25) is 0 Å². The van der Waals surface area contributed by atoms with Gasteiger partial charge in [0.25, 0.3) is 0 Å². The maximum absolute atomic E-state index is 5.91. The molecule has 3 heteroatoms. The standard InChI is InChI=1S/C17H27NO2/c1-6-10-18-14(4)16-9-8-15(19-5)11-17(16)20-12-13(3)7-2/h8-9,11,14,18H,3,6-7,10,12H2,1-2,4-5H3. The first kappa shape index (κ1) is 16.6. The van der Waals surface area contributed by atoms with Gasteiger partial charge in [0.1, 0.15) is 18.1 Å². The molecule has 0 radical (unpaired) electrons. The van der Waals surface area contributed by atoms with Crippen LogP contribution in [0.1, 0.15) is 45.2 Å². The Hall–Kier alpha value is -1.48. The summed E-state index contributed by atoms with van der Waals surface area (Å²) < 4.78 is 11.2. The lowest BCUT2D eigenvalue weighted by Gasteiger charge is -2.19. The van der Waals surface area contributed by atoms with Crippen molar-refractivity contribution in [3.05, 3.63) is 35.9 Å². The molecule has 1 rings (SSSR count). The Morgan fingerprint density at radius 2 is 2.10 bits per heavy atom. The highest BCUT2D eigenvalue weighted by Gasteiger charge is 2.12. The van der Waals surface area contributed by atoms with Crippen molar-refractivity contribution in [3.63, 3.8) is 0 Å². The van der Waals surface area contributed by atoms with Gasteiger partial charge in [-0.25, -0.2) is 0 Å². The summed E-state index contributed by atoms with van der Waals surface area (Å²) >= 11 is 0. The van der Waals surface area contributed by atoms with E-state index >= 15 is 0 Å². The van der Waals surface area contributed by atoms with Crippen molar-refractivity contribution in [2.75, 3.05) is 20.3 Å². The van der Waals surface area contributed by atoms with Crippen LogP contribution >= 0.6 is 0 Å². The average Bonchev–Trinajstić information content (AvgIpc) is 2.49. The van der Waals surface area contributed by atoms with Crippen LogP contribution in [0.25, 0.3) is 0 Å². The summed E-state index contributed by atoms with van der Waals surface area (Å²) in [6.07, 6.45) is 2.05. The molecule has 1 atom stereocenters. The minimum atomic E-state index is 0.255. The zero-order valence-electron chi connectivity index (χ0n) is 13.2. The van der Waals surface area contributed by atoms with E-state index in [4.69, 9.17) is 9.47 Å². The highest BCUT2D eigenvalue weighted by atomic mass is 16.5. The average molecular weight is 277 g/mol. The van der Waals surface area contributed by atoms with Crippen LogP contribution in [-0.4, -0.2) is 20.3 Å². The van der Waals surface area contributed by atoms with Crippen molar-refractivity contribution in [3.8, 4) is 11.5 Å². The summed E-state index contributed by atoms with van der Waals surface area (Å²) in [7, 11) is 1.67. The number of hydrogen-bond acceptors (Lipinski definition) is 3. The summed E-state index contributed by atoms with van der Waals surface area (Å²) in [6.45, 7) is 11.9. The summed E-state index contributed by atoms with van der Waals surface area (Å²) in [6, 6.07) is 6.24. The molecule has 0 bridgehead atoms. The second-order valence-electron chi connectivity index (χ2n) is 4.97. The Bertz CT molecular complexity index is 429. The normalized spacial score (nSPS) is 12.0. The molecule has 1 aromatic rings. The fourth-order valence-corrected chi connectivity index (χ4v) is 1.88. The van der Waals surface area contributed by atoms with Crippen LogP contribution in [0.5, 0.6) is 11.5 Å². The van der Waals surface area contributed by atoms with Crippen molar-refractivity contribution in [2.45, 2.75) is 39.7 Å². The molecule has 0 amide bonds. The lowest BCUT2D eigenvalue weighted by molar-refractivity contribution is 0.336. The summed E-state index contributed by atoms with van der Waals surface area (Å²) in [5, 5.41) is 3.48. The van der Waals surface area contributed by atoms with Crippen molar-refractivity contribution < 1.29 is 9.47 Å². The van der Waals surface area contributed by atoms with Gasteiger partial charge in [-0.1, -0.05) is 26.5 Å². The third kappa shape index (κ3) is 4.89. The molecule has 0 fully saturated rings. The number of methoxy groups -OCH3 is 1. The zero-order valence-corrected chi connectivity index (χ0v) is 13.2. The topological polar surface area (TPSA) is 30.5 Å². The Balaban J connectivity index is 2.88.